The molecule has 1 unspecified atom stereocenters. The van der Waals surface area contributed by atoms with Crippen molar-refractivity contribution in [3.05, 3.63) is 44.5 Å². The molecule has 2 rings (SSSR count). The molecule has 0 spiro atoms. The highest BCUT2D eigenvalue weighted by atomic mass is 35.5. The monoisotopic (exact) mass is 331 g/mol. The highest BCUT2D eigenvalue weighted by Crippen LogP contribution is 2.34. The van der Waals surface area contributed by atoms with Crippen LogP contribution in [0.5, 0.6) is 0 Å². The van der Waals surface area contributed by atoms with Crippen molar-refractivity contribution in [2.24, 2.45) is 0 Å². The fourth-order valence-corrected chi connectivity index (χ4v) is 3.09. The Bertz CT molecular complexity index is 648. The number of hydrogen-bond donors (Lipinski definition) is 1. The Labute approximate surface area is 129 Å². The number of anilines is 1. The van der Waals surface area contributed by atoms with Gasteiger partial charge in [0.15, 0.2) is 5.15 Å². The summed E-state index contributed by atoms with van der Waals surface area (Å²) >= 11 is 19.1. The minimum atomic E-state index is -0.116. The number of hydrogen-bond acceptors (Lipinski definition) is 4. The molecule has 1 atom stereocenters. The molecule has 3 nitrogen and oxygen atoms in total. The molecule has 1 aromatic carbocycles. The van der Waals surface area contributed by atoms with Gasteiger partial charge in [0, 0.05) is 0 Å². The van der Waals surface area contributed by atoms with Crippen molar-refractivity contribution in [1.29, 1.82) is 5.26 Å². The van der Waals surface area contributed by atoms with Crippen LogP contribution in [0.3, 0.4) is 0 Å². The highest BCUT2D eigenvalue weighted by Gasteiger charge is 2.17. The topological polar surface area (TPSA) is 48.7 Å². The molecule has 0 aliphatic rings. The van der Waals surface area contributed by atoms with Crippen LogP contribution in [0.15, 0.2) is 18.2 Å². The summed E-state index contributed by atoms with van der Waals surface area (Å²) in [5.74, 6) is 0. The Morgan fingerprint density at radius 3 is 2.79 bits per heavy atom. The second-order valence-electron chi connectivity index (χ2n) is 3.80. The van der Waals surface area contributed by atoms with E-state index < -0.39 is 0 Å². The number of halogens is 3. The maximum absolute atomic E-state index is 9.02. The van der Waals surface area contributed by atoms with Crippen LogP contribution in [-0.4, -0.2) is 4.37 Å². The average molecular weight is 333 g/mol. The van der Waals surface area contributed by atoms with Gasteiger partial charge in [-0.1, -0.05) is 46.9 Å². The van der Waals surface area contributed by atoms with Crippen molar-refractivity contribution in [2.45, 2.75) is 13.0 Å². The summed E-state index contributed by atoms with van der Waals surface area (Å²) in [5, 5.41) is 14.0. The fourth-order valence-electron chi connectivity index (χ4n) is 1.60. The lowest BCUT2D eigenvalue weighted by atomic mass is 10.1. The van der Waals surface area contributed by atoms with Gasteiger partial charge in [-0.3, -0.25) is 0 Å². The number of benzene rings is 1. The molecule has 0 radical (unpaired) electrons. The van der Waals surface area contributed by atoms with Crippen LogP contribution in [0.4, 0.5) is 5.00 Å². The lowest BCUT2D eigenvalue weighted by molar-refractivity contribution is 0.889. The van der Waals surface area contributed by atoms with Gasteiger partial charge in [0.2, 0.25) is 0 Å². The summed E-state index contributed by atoms with van der Waals surface area (Å²) in [5.41, 5.74) is 1.19. The molecule has 0 saturated heterocycles. The summed E-state index contributed by atoms with van der Waals surface area (Å²) in [4.78, 5) is 0. The van der Waals surface area contributed by atoms with E-state index in [1.165, 1.54) is 0 Å². The van der Waals surface area contributed by atoms with Crippen LogP contribution in [0, 0.1) is 11.3 Å². The van der Waals surface area contributed by atoms with Crippen molar-refractivity contribution in [2.75, 3.05) is 5.32 Å². The molecule has 98 valence electrons. The second-order valence-corrected chi connectivity index (χ2v) is 5.71. The van der Waals surface area contributed by atoms with Gasteiger partial charge in [0.1, 0.15) is 16.6 Å². The van der Waals surface area contributed by atoms with Gasteiger partial charge >= 0.3 is 0 Å². The largest absolute Gasteiger partial charge is 0.368 e. The third-order valence-electron chi connectivity index (χ3n) is 2.56. The molecule has 19 heavy (non-hydrogen) atoms. The predicted molar refractivity (Wildman–Crippen MR) is 80.3 cm³/mol. The fraction of sp³-hybridized carbons (Fsp3) is 0.167. The first-order valence-corrected chi connectivity index (χ1v) is 7.21. The summed E-state index contributed by atoms with van der Waals surface area (Å²) in [6.07, 6.45) is 0. The van der Waals surface area contributed by atoms with Crippen LogP contribution in [0.25, 0.3) is 0 Å². The van der Waals surface area contributed by atoms with E-state index in [2.05, 4.69) is 9.69 Å². The number of nitriles is 1. The Hall–Kier alpha value is -0.990. The van der Waals surface area contributed by atoms with Crippen molar-refractivity contribution >= 4 is 51.3 Å². The molecule has 0 aliphatic heterocycles. The summed E-state index contributed by atoms with van der Waals surface area (Å²) in [6, 6.07) is 7.33. The minimum Gasteiger partial charge on any atom is -0.368 e. The predicted octanol–water partition coefficient (Wildman–Crippen LogP) is 5.15. The van der Waals surface area contributed by atoms with E-state index in [4.69, 9.17) is 40.1 Å². The van der Waals surface area contributed by atoms with E-state index >= 15 is 0 Å². The molecule has 0 aliphatic carbocycles. The number of nitrogens with zero attached hydrogens (tertiary/aromatic N) is 2. The normalized spacial score (nSPS) is 11.9. The van der Waals surface area contributed by atoms with Gasteiger partial charge in [-0.2, -0.15) is 9.64 Å². The summed E-state index contributed by atoms with van der Waals surface area (Å²) in [6.45, 7) is 1.92. The van der Waals surface area contributed by atoms with Crippen molar-refractivity contribution in [3.63, 3.8) is 0 Å². The van der Waals surface area contributed by atoms with Crippen LogP contribution in [0.1, 0.15) is 24.1 Å². The zero-order chi connectivity index (χ0) is 14.0. The van der Waals surface area contributed by atoms with E-state index in [-0.39, 0.29) is 11.2 Å². The molecule has 0 saturated carbocycles. The maximum atomic E-state index is 9.02. The molecule has 1 aromatic heterocycles. The van der Waals surface area contributed by atoms with Crippen molar-refractivity contribution < 1.29 is 0 Å². The molecule has 2 aromatic rings. The SMILES string of the molecule is CC(Nc1snc(Cl)c1C#N)c1cccc(Cl)c1Cl. The number of nitrogens with one attached hydrogen (secondary N) is 1. The van der Waals surface area contributed by atoms with E-state index in [9.17, 15) is 0 Å². The molecule has 0 fully saturated rings. The quantitative estimate of drug-likeness (QED) is 0.845. The molecule has 1 heterocycles. The third-order valence-corrected chi connectivity index (χ3v) is 4.54. The smallest absolute Gasteiger partial charge is 0.162 e. The minimum absolute atomic E-state index is 0.116. The lowest BCUT2D eigenvalue weighted by Gasteiger charge is -2.16. The molecular formula is C12H8Cl3N3S. The standard InChI is InChI=1S/C12H8Cl3N3S/c1-6(7-3-2-4-9(13)10(7)14)17-12-8(5-16)11(15)18-19-12/h2-4,6,17H,1H3. The zero-order valence-electron chi connectivity index (χ0n) is 9.75. The van der Waals surface area contributed by atoms with Crippen molar-refractivity contribution in [1.82, 2.24) is 4.37 Å². The van der Waals surface area contributed by atoms with Crippen molar-refractivity contribution in [3.8, 4) is 6.07 Å². The van der Waals surface area contributed by atoms with Crippen LogP contribution >= 0.6 is 46.3 Å². The Balaban J connectivity index is 2.29. The average Bonchev–Trinajstić information content (AvgIpc) is 2.73. The molecule has 0 amide bonds. The zero-order valence-corrected chi connectivity index (χ0v) is 12.8. The van der Waals surface area contributed by atoms with Crippen LogP contribution in [0.2, 0.25) is 15.2 Å². The van der Waals surface area contributed by atoms with Gasteiger partial charge in [-0.15, -0.1) is 0 Å². The Kier molecular flexibility index (Phi) is 4.54. The Morgan fingerprint density at radius 1 is 1.37 bits per heavy atom. The second kappa shape index (κ2) is 5.98. The van der Waals surface area contributed by atoms with E-state index in [0.717, 1.165) is 17.1 Å². The number of aromatic nitrogens is 1. The van der Waals surface area contributed by atoms with Gasteiger partial charge in [0.05, 0.1) is 16.1 Å². The molecule has 7 heteroatoms. The molecule has 0 bridgehead atoms. The van der Waals surface area contributed by atoms with Gasteiger partial charge < -0.3 is 5.32 Å². The van der Waals surface area contributed by atoms with Crippen LogP contribution < -0.4 is 5.32 Å². The summed E-state index contributed by atoms with van der Waals surface area (Å²) < 4.78 is 3.94. The highest BCUT2D eigenvalue weighted by molar-refractivity contribution is 7.10. The first-order valence-electron chi connectivity index (χ1n) is 5.30. The Morgan fingerprint density at radius 2 is 2.11 bits per heavy atom. The summed E-state index contributed by atoms with van der Waals surface area (Å²) in [7, 11) is 0. The molecule has 1 N–H and O–H groups in total. The van der Waals surface area contributed by atoms with E-state index in [1.54, 1.807) is 6.07 Å². The van der Waals surface area contributed by atoms with E-state index in [0.29, 0.717) is 20.6 Å². The van der Waals surface area contributed by atoms with Gasteiger partial charge in [-0.05, 0) is 30.1 Å². The van der Waals surface area contributed by atoms with Gasteiger partial charge in [-0.25, -0.2) is 0 Å². The number of rotatable bonds is 3. The molecular weight excluding hydrogens is 325 g/mol. The van der Waals surface area contributed by atoms with Crippen LogP contribution in [-0.2, 0) is 0 Å². The first kappa shape index (κ1) is 14.4. The van der Waals surface area contributed by atoms with E-state index in [1.807, 2.05) is 25.1 Å². The first-order chi connectivity index (χ1) is 9.04. The third kappa shape index (κ3) is 2.96. The van der Waals surface area contributed by atoms with Gasteiger partial charge in [0.25, 0.3) is 0 Å². The lowest BCUT2D eigenvalue weighted by Crippen LogP contribution is -2.07. The maximum Gasteiger partial charge on any atom is 0.162 e.